The van der Waals surface area contributed by atoms with Gasteiger partial charge in [0.2, 0.25) is 5.91 Å². The molecular formula is C12H18FN3O. The van der Waals surface area contributed by atoms with Crippen molar-refractivity contribution >= 4 is 11.6 Å². The van der Waals surface area contributed by atoms with Crippen molar-refractivity contribution in [2.24, 2.45) is 11.1 Å². The van der Waals surface area contributed by atoms with E-state index in [-0.39, 0.29) is 11.6 Å². The first-order valence-electron chi connectivity index (χ1n) is 5.36. The number of nitrogens with zero attached hydrogens (tertiary/aromatic N) is 1. The maximum atomic E-state index is 13.3. The summed E-state index contributed by atoms with van der Waals surface area (Å²) in [6.45, 7) is 6.97. The summed E-state index contributed by atoms with van der Waals surface area (Å²) >= 11 is 0. The first-order chi connectivity index (χ1) is 7.66. The lowest BCUT2D eigenvalue weighted by Crippen LogP contribution is -2.53. The van der Waals surface area contributed by atoms with Crippen molar-refractivity contribution < 1.29 is 9.18 Å². The zero-order valence-electron chi connectivity index (χ0n) is 10.5. The van der Waals surface area contributed by atoms with Gasteiger partial charge in [-0.05, 0) is 33.8 Å². The molecule has 1 aromatic heterocycles. The lowest BCUT2D eigenvalue weighted by Gasteiger charge is -2.36. The number of carbonyl (C=O) groups is 1. The van der Waals surface area contributed by atoms with E-state index in [1.165, 1.54) is 12.3 Å². The first kappa shape index (κ1) is 13.6. The molecule has 0 aliphatic carbocycles. The van der Waals surface area contributed by atoms with Crippen molar-refractivity contribution in [1.82, 2.24) is 4.98 Å². The predicted octanol–water partition coefficient (Wildman–Crippen LogP) is 1.92. The van der Waals surface area contributed by atoms with Crippen molar-refractivity contribution in [3.8, 4) is 0 Å². The van der Waals surface area contributed by atoms with Gasteiger partial charge in [0.25, 0.3) is 0 Å². The van der Waals surface area contributed by atoms with E-state index in [4.69, 9.17) is 5.73 Å². The molecule has 1 rings (SSSR count). The Hall–Kier alpha value is -1.49. The highest BCUT2D eigenvalue weighted by Crippen LogP contribution is 2.30. The standard InChI is InChI=1S/C12H18FN3O/c1-11(2,12(3,4)14)10(17)16-9-5-6-15-7-8(9)13/h5-7H,14H2,1-4H3,(H,15,16,17). The number of nitrogens with two attached hydrogens (primary N) is 1. The molecule has 0 radical (unpaired) electrons. The summed E-state index contributed by atoms with van der Waals surface area (Å²) in [5.41, 5.74) is 4.53. The second-order valence-corrected chi connectivity index (χ2v) is 5.16. The fraction of sp³-hybridized carbons (Fsp3) is 0.500. The Morgan fingerprint density at radius 2 is 2.00 bits per heavy atom. The number of anilines is 1. The number of halogens is 1. The van der Waals surface area contributed by atoms with Crippen LogP contribution in [0.15, 0.2) is 18.5 Å². The highest BCUT2D eigenvalue weighted by molar-refractivity contribution is 5.95. The number of pyridine rings is 1. The molecule has 4 nitrogen and oxygen atoms in total. The Balaban J connectivity index is 2.91. The molecule has 1 heterocycles. The van der Waals surface area contributed by atoms with Gasteiger partial charge in [0, 0.05) is 11.7 Å². The largest absolute Gasteiger partial charge is 0.325 e. The fourth-order valence-corrected chi connectivity index (χ4v) is 1.05. The van der Waals surface area contributed by atoms with Crippen molar-refractivity contribution in [1.29, 1.82) is 0 Å². The summed E-state index contributed by atoms with van der Waals surface area (Å²) in [5, 5.41) is 2.52. The highest BCUT2D eigenvalue weighted by Gasteiger charge is 2.40. The molecule has 1 aromatic rings. The van der Waals surface area contributed by atoms with Crippen molar-refractivity contribution in [3.05, 3.63) is 24.3 Å². The number of aromatic nitrogens is 1. The third kappa shape index (κ3) is 2.79. The van der Waals surface area contributed by atoms with Gasteiger partial charge in [-0.3, -0.25) is 9.78 Å². The number of nitrogens with one attached hydrogen (secondary N) is 1. The van der Waals surface area contributed by atoms with Gasteiger partial charge in [-0.15, -0.1) is 0 Å². The van der Waals surface area contributed by atoms with E-state index in [1.807, 2.05) is 0 Å². The average Bonchev–Trinajstić information content (AvgIpc) is 2.19. The van der Waals surface area contributed by atoms with E-state index in [9.17, 15) is 9.18 Å². The third-order valence-electron chi connectivity index (χ3n) is 3.20. The van der Waals surface area contributed by atoms with Gasteiger partial charge in [-0.25, -0.2) is 4.39 Å². The molecule has 0 aliphatic heterocycles. The summed E-state index contributed by atoms with van der Waals surface area (Å²) in [6.07, 6.45) is 2.47. The van der Waals surface area contributed by atoms with Crippen LogP contribution in [-0.4, -0.2) is 16.4 Å². The molecule has 0 spiro atoms. The van der Waals surface area contributed by atoms with E-state index >= 15 is 0 Å². The SMILES string of the molecule is CC(C)(N)C(C)(C)C(=O)Nc1ccncc1F. The Morgan fingerprint density at radius 3 is 2.47 bits per heavy atom. The second-order valence-electron chi connectivity index (χ2n) is 5.16. The molecule has 0 aliphatic rings. The molecule has 0 unspecified atom stereocenters. The molecule has 3 N–H and O–H groups in total. The van der Waals surface area contributed by atoms with Crippen LogP contribution in [0.25, 0.3) is 0 Å². The zero-order valence-corrected chi connectivity index (χ0v) is 10.5. The molecule has 0 fully saturated rings. The Kier molecular flexibility index (Phi) is 3.52. The maximum absolute atomic E-state index is 13.3. The lowest BCUT2D eigenvalue weighted by atomic mass is 9.74. The summed E-state index contributed by atoms with van der Waals surface area (Å²) < 4.78 is 13.3. The Morgan fingerprint density at radius 1 is 1.41 bits per heavy atom. The van der Waals surface area contributed by atoms with Crippen LogP contribution < -0.4 is 11.1 Å². The Bertz CT molecular complexity index is 424. The Labute approximate surface area is 100 Å². The van der Waals surface area contributed by atoms with Gasteiger partial charge in [-0.2, -0.15) is 0 Å². The van der Waals surface area contributed by atoms with Crippen LogP contribution in [-0.2, 0) is 4.79 Å². The van der Waals surface area contributed by atoms with Crippen LogP contribution in [0.2, 0.25) is 0 Å². The van der Waals surface area contributed by atoms with E-state index in [1.54, 1.807) is 27.7 Å². The second kappa shape index (κ2) is 4.41. The van der Waals surface area contributed by atoms with Crippen LogP contribution in [0.3, 0.4) is 0 Å². The summed E-state index contributed by atoms with van der Waals surface area (Å²) in [6, 6.07) is 1.41. The van der Waals surface area contributed by atoms with Gasteiger partial charge in [0.1, 0.15) is 0 Å². The summed E-state index contributed by atoms with van der Waals surface area (Å²) in [7, 11) is 0. The van der Waals surface area contributed by atoms with E-state index in [0.717, 1.165) is 6.20 Å². The average molecular weight is 239 g/mol. The van der Waals surface area contributed by atoms with Gasteiger partial charge in [-0.1, -0.05) is 0 Å². The molecule has 0 bridgehead atoms. The molecular weight excluding hydrogens is 221 g/mol. The molecule has 94 valence electrons. The fourth-order valence-electron chi connectivity index (χ4n) is 1.05. The minimum absolute atomic E-state index is 0.113. The maximum Gasteiger partial charge on any atom is 0.231 e. The van der Waals surface area contributed by atoms with Crippen LogP contribution in [0.1, 0.15) is 27.7 Å². The van der Waals surface area contributed by atoms with E-state index < -0.39 is 16.8 Å². The van der Waals surface area contributed by atoms with E-state index in [2.05, 4.69) is 10.3 Å². The smallest absolute Gasteiger partial charge is 0.231 e. The zero-order chi connectivity index (χ0) is 13.3. The van der Waals surface area contributed by atoms with E-state index in [0.29, 0.717) is 0 Å². The van der Waals surface area contributed by atoms with Crippen LogP contribution in [0.4, 0.5) is 10.1 Å². The summed E-state index contributed by atoms with van der Waals surface area (Å²) in [5.74, 6) is -0.887. The first-order valence-corrected chi connectivity index (χ1v) is 5.36. The lowest BCUT2D eigenvalue weighted by molar-refractivity contribution is -0.126. The van der Waals surface area contributed by atoms with Crippen molar-refractivity contribution in [2.45, 2.75) is 33.2 Å². The molecule has 5 heteroatoms. The van der Waals surface area contributed by atoms with Crippen LogP contribution >= 0.6 is 0 Å². The quantitative estimate of drug-likeness (QED) is 0.846. The highest BCUT2D eigenvalue weighted by atomic mass is 19.1. The summed E-state index contributed by atoms with van der Waals surface area (Å²) in [4.78, 5) is 15.7. The van der Waals surface area contributed by atoms with Gasteiger partial charge < -0.3 is 11.1 Å². The van der Waals surface area contributed by atoms with Crippen LogP contribution in [0, 0.1) is 11.2 Å². The van der Waals surface area contributed by atoms with Gasteiger partial charge >= 0.3 is 0 Å². The number of rotatable bonds is 3. The van der Waals surface area contributed by atoms with Crippen molar-refractivity contribution in [3.63, 3.8) is 0 Å². The minimum Gasteiger partial charge on any atom is -0.325 e. The van der Waals surface area contributed by atoms with Crippen LogP contribution in [0.5, 0.6) is 0 Å². The monoisotopic (exact) mass is 239 g/mol. The number of hydrogen-bond acceptors (Lipinski definition) is 3. The number of carbonyl (C=O) groups excluding carboxylic acids is 1. The third-order valence-corrected chi connectivity index (χ3v) is 3.20. The predicted molar refractivity (Wildman–Crippen MR) is 64.9 cm³/mol. The topological polar surface area (TPSA) is 68.0 Å². The molecule has 0 aromatic carbocycles. The molecule has 0 atom stereocenters. The molecule has 0 saturated carbocycles. The minimum atomic E-state index is -0.817. The number of amides is 1. The van der Waals surface area contributed by atoms with Gasteiger partial charge in [0.05, 0.1) is 17.3 Å². The van der Waals surface area contributed by atoms with Crippen molar-refractivity contribution in [2.75, 3.05) is 5.32 Å². The molecule has 1 amide bonds. The molecule has 0 saturated heterocycles. The van der Waals surface area contributed by atoms with Gasteiger partial charge in [0.15, 0.2) is 5.82 Å². The normalized spacial score (nSPS) is 12.4. The number of hydrogen-bond donors (Lipinski definition) is 2. The molecule has 17 heavy (non-hydrogen) atoms.